The van der Waals surface area contributed by atoms with E-state index in [1.807, 2.05) is 24.6 Å². The SMILES string of the molecule is Cc1cc(C)n(CCCNC(=O)Nc2cnn(-c3ncccn3)c2)n1. The summed E-state index contributed by atoms with van der Waals surface area (Å²) in [4.78, 5) is 20.1. The first kappa shape index (κ1) is 16.6. The molecule has 2 N–H and O–H groups in total. The number of anilines is 1. The lowest BCUT2D eigenvalue weighted by atomic mass is 10.4. The normalized spacial score (nSPS) is 10.6. The molecule has 0 unspecified atom stereocenters. The van der Waals surface area contributed by atoms with Gasteiger partial charge in [-0.25, -0.2) is 19.4 Å². The summed E-state index contributed by atoms with van der Waals surface area (Å²) < 4.78 is 3.44. The molecule has 0 bridgehead atoms. The number of nitrogens with one attached hydrogen (secondary N) is 2. The molecule has 0 atom stereocenters. The highest BCUT2D eigenvalue weighted by Gasteiger charge is 2.06. The van der Waals surface area contributed by atoms with Crippen LogP contribution in [0, 0.1) is 13.8 Å². The molecule has 0 aliphatic carbocycles. The summed E-state index contributed by atoms with van der Waals surface area (Å²) >= 11 is 0. The molecule has 0 spiro atoms. The number of nitrogens with zero attached hydrogens (tertiary/aromatic N) is 6. The minimum Gasteiger partial charge on any atom is -0.338 e. The van der Waals surface area contributed by atoms with Crippen molar-refractivity contribution in [2.75, 3.05) is 11.9 Å². The van der Waals surface area contributed by atoms with Gasteiger partial charge in [-0.2, -0.15) is 10.2 Å². The Balaban J connectivity index is 1.44. The van der Waals surface area contributed by atoms with E-state index in [-0.39, 0.29) is 6.03 Å². The molecule has 0 aromatic carbocycles. The second kappa shape index (κ2) is 7.56. The standard InChI is InChI=1S/C16H20N8O/c1-12-9-13(2)23(22-12)8-4-7-19-16(25)21-14-10-20-24(11-14)15-17-5-3-6-18-15/h3,5-6,9-11H,4,7-8H2,1-2H3,(H2,19,21,25). The van der Waals surface area contributed by atoms with Crippen LogP contribution in [-0.2, 0) is 6.54 Å². The van der Waals surface area contributed by atoms with Crippen molar-refractivity contribution in [3.8, 4) is 5.95 Å². The molecule has 0 saturated carbocycles. The monoisotopic (exact) mass is 340 g/mol. The lowest BCUT2D eigenvalue weighted by Crippen LogP contribution is -2.30. The second-order valence-corrected chi connectivity index (χ2v) is 5.61. The van der Waals surface area contributed by atoms with Crippen LogP contribution in [0.4, 0.5) is 10.5 Å². The number of hydrogen-bond donors (Lipinski definition) is 2. The fraction of sp³-hybridized carbons (Fsp3) is 0.312. The molecule has 130 valence electrons. The van der Waals surface area contributed by atoms with E-state index in [9.17, 15) is 4.79 Å². The van der Waals surface area contributed by atoms with Gasteiger partial charge in [0.2, 0.25) is 5.95 Å². The van der Waals surface area contributed by atoms with Crippen molar-refractivity contribution in [3.63, 3.8) is 0 Å². The van der Waals surface area contributed by atoms with Gasteiger partial charge in [0.1, 0.15) is 0 Å². The number of urea groups is 1. The highest BCUT2D eigenvalue weighted by molar-refractivity contribution is 5.88. The fourth-order valence-electron chi connectivity index (χ4n) is 2.41. The van der Waals surface area contributed by atoms with Crippen LogP contribution in [0.2, 0.25) is 0 Å². The molecule has 2 amide bonds. The summed E-state index contributed by atoms with van der Waals surface area (Å²) in [6, 6.07) is 3.49. The Labute approximate surface area is 145 Å². The molecule has 3 rings (SSSR count). The van der Waals surface area contributed by atoms with Gasteiger partial charge in [0, 0.05) is 31.2 Å². The van der Waals surface area contributed by atoms with E-state index in [1.54, 1.807) is 30.9 Å². The third kappa shape index (κ3) is 4.40. The van der Waals surface area contributed by atoms with Crippen molar-refractivity contribution in [2.45, 2.75) is 26.8 Å². The summed E-state index contributed by atoms with van der Waals surface area (Å²) in [5.41, 5.74) is 2.70. The zero-order valence-corrected chi connectivity index (χ0v) is 14.2. The molecule has 3 heterocycles. The van der Waals surface area contributed by atoms with Gasteiger partial charge in [-0.15, -0.1) is 0 Å². The Kier molecular flexibility index (Phi) is 5.03. The van der Waals surface area contributed by atoms with Gasteiger partial charge in [0.25, 0.3) is 0 Å². The van der Waals surface area contributed by atoms with Crippen molar-refractivity contribution in [1.29, 1.82) is 0 Å². The minimum atomic E-state index is -0.276. The number of carbonyl (C=O) groups excluding carboxylic acids is 1. The Morgan fingerprint density at radius 2 is 2.04 bits per heavy atom. The van der Waals surface area contributed by atoms with Crippen LogP contribution in [0.15, 0.2) is 36.9 Å². The molecule has 3 aromatic heterocycles. The van der Waals surface area contributed by atoms with E-state index in [2.05, 4.69) is 30.8 Å². The van der Waals surface area contributed by atoms with E-state index in [0.717, 1.165) is 24.4 Å². The van der Waals surface area contributed by atoms with Crippen LogP contribution < -0.4 is 10.6 Å². The van der Waals surface area contributed by atoms with E-state index in [4.69, 9.17) is 0 Å². The Hall–Kier alpha value is -3.23. The minimum absolute atomic E-state index is 0.276. The topological polar surface area (TPSA) is 103 Å². The molecule has 0 aliphatic heterocycles. The number of carbonyl (C=O) groups is 1. The smallest absolute Gasteiger partial charge is 0.319 e. The van der Waals surface area contributed by atoms with Crippen LogP contribution in [0.25, 0.3) is 5.95 Å². The molecule has 0 radical (unpaired) electrons. The summed E-state index contributed by atoms with van der Waals surface area (Å²) in [6.07, 6.45) is 7.27. The largest absolute Gasteiger partial charge is 0.338 e. The second-order valence-electron chi connectivity index (χ2n) is 5.61. The van der Waals surface area contributed by atoms with Gasteiger partial charge in [0.05, 0.1) is 23.8 Å². The number of rotatable bonds is 6. The molecular weight excluding hydrogens is 320 g/mol. The van der Waals surface area contributed by atoms with Gasteiger partial charge < -0.3 is 10.6 Å². The summed E-state index contributed by atoms with van der Waals surface area (Å²) in [5, 5.41) is 14.1. The Morgan fingerprint density at radius 1 is 1.24 bits per heavy atom. The zero-order valence-electron chi connectivity index (χ0n) is 14.2. The summed E-state index contributed by atoms with van der Waals surface area (Å²) in [7, 11) is 0. The number of aromatic nitrogens is 6. The first-order chi connectivity index (χ1) is 12.1. The molecule has 25 heavy (non-hydrogen) atoms. The van der Waals surface area contributed by atoms with Crippen LogP contribution in [0.3, 0.4) is 0 Å². The van der Waals surface area contributed by atoms with Gasteiger partial charge in [-0.3, -0.25) is 4.68 Å². The van der Waals surface area contributed by atoms with E-state index < -0.39 is 0 Å². The average Bonchev–Trinajstić information content (AvgIpc) is 3.19. The lowest BCUT2D eigenvalue weighted by Gasteiger charge is -2.07. The molecule has 3 aromatic rings. The molecule has 9 nitrogen and oxygen atoms in total. The van der Waals surface area contributed by atoms with E-state index in [0.29, 0.717) is 18.2 Å². The highest BCUT2D eigenvalue weighted by atomic mass is 16.2. The predicted molar refractivity (Wildman–Crippen MR) is 92.5 cm³/mol. The van der Waals surface area contributed by atoms with Crippen LogP contribution in [-0.4, -0.2) is 42.1 Å². The molecule has 0 fully saturated rings. The Morgan fingerprint density at radius 3 is 2.76 bits per heavy atom. The van der Waals surface area contributed by atoms with Crippen LogP contribution >= 0.6 is 0 Å². The first-order valence-corrected chi connectivity index (χ1v) is 8.00. The maximum Gasteiger partial charge on any atom is 0.319 e. The van der Waals surface area contributed by atoms with Gasteiger partial charge in [-0.05, 0) is 32.4 Å². The molecule has 9 heteroatoms. The van der Waals surface area contributed by atoms with Crippen molar-refractivity contribution in [3.05, 3.63) is 48.3 Å². The third-order valence-electron chi connectivity index (χ3n) is 3.53. The molecule has 0 saturated heterocycles. The molecular formula is C16H20N8O. The van der Waals surface area contributed by atoms with Crippen LogP contribution in [0.5, 0.6) is 0 Å². The van der Waals surface area contributed by atoms with E-state index in [1.165, 1.54) is 4.68 Å². The van der Waals surface area contributed by atoms with Crippen molar-refractivity contribution >= 4 is 11.7 Å². The quantitative estimate of drug-likeness (QED) is 0.665. The maximum atomic E-state index is 11.9. The van der Waals surface area contributed by atoms with Gasteiger partial charge >= 0.3 is 6.03 Å². The summed E-state index contributed by atoms with van der Waals surface area (Å²) in [5.74, 6) is 0.445. The van der Waals surface area contributed by atoms with Crippen molar-refractivity contribution < 1.29 is 4.79 Å². The Bertz CT molecular complexity index is 839. The van der Waals surface area contributed by atoms with Gasteiger partial charge in [-0.1, -0.05) is 0 Å². The fourth-order valence-corrected chi connectivity index (χ4v) is 2.41. The predicted octanol–water partition coefficient (Wildman–Crippen LogP) is 1.69. The number of amides is 2. The van der Waals surface area contributed by atoms with Crippen molar-refractivity contribution in [1.82, 2.24) is 34.8 Å². The number of aryl methyl sites for hydroxylation is 3. The van der Waals surface area contributed by atoms with Crippen molar-refractivity contribution in [2.24, 2.45) is 0 Å². The highest BCUT2D eigenvalue weighted by Crippen LogP contribution is 2.07. The zero-order chi connectivity index (χ0) is 17.6. The lowest BCUT2D eigenvalue weighted by molar-refractivity contribution is 0.251. The van der Waals surface area contributed by atoms with E-state index >= 15 is 0 Å². The molecule has 0 aliphatic rings. The van der Waals surface area contributed by atoms with Crippen LogP contribution in [0.1, 0.15) is 17.8 Å². The van der Waals surface area contributed by atoms with Gasteiger partial charge in [0.15, 0.2) is 0 Å². The average molecular weight is 340 g/mol. The number of hydrogen-bond acceptors (Lipinski definition) is 5. The third-order valence-corrected chi connectivity index (χ3v) is 3.53. The maximum absolute atomic E-state index is 11.9. The first-order valence-electron chi connectivity index (χ1n) is 8.00. The summed E-state index contributed by atoms with van der Waals surface area (Å²) in [6.45, 7) is 5.31.